The van der Waals surface area contributed by atoms with E-state index < -0.39 is 0 Å². The molecule has 0 fully saturated rings. The number of hydrogen-bond acceptors (Lipinski definition) is 3. The van der Waals surface area contributed by atoms with E-state index in [1.54, 1.807) is 16.6 Å². The summed E-state index contributed by atoms with van der Waals surface area (Å²) in [4.78, 5) is 4.39. The third-order valence-corrected chi connectivity index (χ3v) is 2.51. The number of fused-ring (bicyclic) bond motifs is 1. The summed E-state index contributed by atoms with van der Waals surface area (Å²) in [6, 6.07) is 17.2. The molecule has 0 amide bonds. The van der Waals surface area contributed by atoms with Gasteiger partial charge in [0.25, 0.3) is 0 Å². The van der Waals surface area contributed by atoms with Gasteiger partial charge in [-0.2, -0.15) is 5.26 Å². The fourth-order valence-corrected chi connectivity index (χ4v) is 1.70. The molecule has 2 aromatic heterocycles. The van der Waals surface area contributed by atoms with Crippen molar-refractivity contribution in [3.8, 4) is 17.5 Å². The molecule has 3 aromatic rings. The Balaban J connectivity index is 2.25. The van der Waals surface area contributed by atoms with Gasteiger partial charge >= 0.3 is 0 Å². The first-order valence-corrected chi connectivity index (χ1v) is 5.20. The van der Waals surface area contributed by atoms with Crippen LogP contribution in [0.1, 0.15) is 5.69 Å². The molecule has 3 rings (SSSR count). The van der Waals surface area contributed by atoms with E-state index in [2.05, 4.69) is 16.2 Å². The van der Waals surface area contributed by atoms with Crippen molar-refractivity contribution >= 4 is 5.65 Å². The average molecular weight is 220 g/mol. The van der Waals surface area contributed by atoms with Crippen LogP contribution in [0, 0.1) is 11.3 Å². The second-order valence-corrected chi connectivity index (χ2v) is 3.59. The number of pyridine rings is 1. The van der Waals surface area contributed by atoms with E-state index in [0.29, 0.717) is 17.2 Å². The van der Waals surface area contributed by atoms with Crippen molar-refractivity contribution in [2.75, 3.05) is 0 Å². The van der Waals surface area contributed by atoms with Crippen molar-refractivity contribution in [2.45, 2.75) is 0 Å². The predicted molar refractivity (Wildman–Crippen MR) is 63.1 cm³/mol. The summed E-state index contributed by atoms with van der Waals surface area (Å²) in [6.45, 7) is 0. The summed E-state index contributed by atoms with van der Waals surface area (Å²) in [5.74, 6) is 0.633. The second-order valence-electron chi connectivity index (χ2n) is 3.59. The molecule has 2 heterocycles. The molecule has 0 aliphatic carbocycles. The van der Waals surface area contributed by atoms with Gasteiger partial charge in [0, 0.05) is 5.56 Å². The van der Waals surface area contributed by atoms with E-state index in [1.165, 1.54) is 0 Å². The molecule has 1 aromatic carbocycles. The van der Waals surface area contributed by atoms with Crippen LogP contribution in [-0.4, -0.2) is 14.6 Å². The molecule has 0 N–H and O–H groups in total. The molecule has 0 aliphatic heterocycles. The number of benzene rings is 1. The molecule has 0 radical (unpaired) electrons. The average Bonchev–Trinajstić information content (AvgIpc) is 2.83. The van der Waals surface area contributed by atoms with Gasteiger partial charge < -0.3 is 0 Å². The maximum absolute atomic E-state index is 8.98. The molecule has 0 spiro atoms. The number of aromatic nitrogens is 3. The quantitative estimate of drug-likeness (QED) is 0.632. The first-order valence-electron chi connectivity index (χ1n) is 5.20. The van der Waals surface area contributed by atoms with Crippen molar-refractivity contribution < 1.29 is 0 Å². The van der Waals surface area contributed by atoms with Gasteiger partial charge in [-0.1, -0.05) is 36.4 Å². The van der Waals surface area contributed by atoms with E-state index in [1.807, 2.05) is 36.4 Å². The van der Waals surface area contributed by atoms with Gasteiger partial charge in [-0.15, -0.1) is 5.10 Å². The van der Waals surface area contributed by atoms with Crippen molar-refractivity contribution in [1.82, 2.24) is 14.6 Å². The minimum Gasteiger partial charge on any atom is -0.207 e. The van der Waals surface area contributed by atoms with Crippen LogP contribution in [0.3, 0.4) is 0 Å². The zero-order chi connectivity index (χ0) is 11.7. The molecule has 4 heteroatoms. The minimum atomic E-state index is 0.484. The van der Waals surface area contributed by atoms with E-state index in [4.69, 9.17) is 5.26 Å². The highest BCUT2D eigenvalue weighted by atomic mass is 15.3. The van der Waals surface area contributed by atoms with Gasteiger partial charge in [0.05, 0.1) is 0 Å². The maximum atomic E-state index is 8.98. The van der Waals surface area contributed by atoms with Crippen LogP contribution in [0.2, 0.25) is 0 Å². The van der Waals surface area contributed by atoms with Crippen LogP contribution in [0.25, 0.3) is 17.0 Å². The Hall–Kier alpha value is -2.67. The van der Waals surface area contributed by atoms with Crippen molar-refractivity contribution in [3.63, 3.8) is 0 Å². The Morgan fingerprint density at radius 1 is 1.00 bits per heavy atom. The van der Waals surface area contributed by atoms with E-state index in [-0.39, 0.29) is 0 Å². The Morgan fingerprint density at radius 2 is 1.82 bits per heavy atom. The smallest absolute Gasteiger partial charge is 0.182 e. The zero-order valence-electron chi connectivity index (χ0n) is 8.91. The molecule has 17 heavy (non-hydrogen) atoms. The summed E-state index contributed by atoms with van der Waals surface area (Å²) in [6.07, 6.45) is 0. The topological polar surface area (TPSA) is 54.0 Å². The van der Waals surface area contributed by atoms with Gasteiger partial charge in [-0.3, -0.25) is 0 Å². The molecule has 0 bridgehead atoms. The Labute approximate surface area is 97.8 Å². The first-order chi connectivity index (χ1) is 8.38. The molecule has 0 unspecified atom stereocenters. The lowest BCUT2D eigenvalue weighted by molar-refractivity contribution is 0.945. The summed E-state index contributed by atoms with van der Waals surface area (Å²) < 4.78 is 1.56. The maximum Gasteiger partial charge on any atom is 0.182 e. The fraction of sp³-hybridized carbons (Fsp3) is 0. The van der Waals surface area contributed by atoms with Crippen LogP contribution in [0.5, 0.6) is 0 Å². The molecule has 80 valence electrons. The molecule has 0 aliphatic rings. The van der Waals surface area contributed by atoms with Gasteiger partial charge in [0.1, 0.15) is 11.8 Å². The Bertz CT molecular complexity index is 707. The highest BCUT2D eigenvalue weighted by Crippen LogP contribution is 2.16. The van der Waals surface area contributed by atoms with E-state index in [0.717, 1.165) is 5.56 Å². The normalized spacial score (nSPS) is 10.3. The molecular weight excluding hydrogens is 212 g/mol. The number of rotatable bonds is 1. The molecule has 4 nitrogen and oxygen atoms in total. The Kier molecular flexibility index (Phi) is 2.09. The first kappa shape index (κ1) is 9.55. The summed E-state index contributed by atoms with van der Waals surface area (Å²) in [5.41, 5.74) is 2.11. The van der Waals surface area contributed by atoms with E-state index in [9.17, 15) is 0 Å². The van der Waals surface area contributed by atoms with Crippen molar-refractivity contribution in [3.05, 3.63) is 54.2 Å². The summed E-state index contributed by atoms with van der Waals surface area (Å²) in [5, 5.41) is 13.3. The van der Waals surface area contributed by atoms with Gasteiger partial charge in [-0.25, -0.2) is 9.50 Å². The lowest BCUT2D eigenvalue weighted by Gasteiger charge is -1.92. The number of nitriles is 1. The third kappa shape index (κ3) is 1.54. The van der Waals surface area contributed by atoms with Gasteiger partial charge in [-0.05, 0) is 12.1 Å². The largest absolute Gasteiger partial charge is 0.207 e. The van der Waals surface area contributed by atoms with Crippen LogP contribution >= 0.6 is 0 Å². The zero-order valence-corrected chi connectivity index (χ0v) is 8.91. The van der Waals surface area contributed by atoms with Crippen LogP contribution < -0.4 is 0 Å². The third-order valence-electron chi connectivity index (χ3n) is 2.51. The molecule has 0 saturated heterocycles. The summed E-state index contributed by atoms with van der Waals surface area (Å²) >= 11 is 0. The standard InChI is InChI=1S/C13H8N4/c14-9-11-7-4-8-12-15-13(16-17(11)12)10-5-2-1-3-6-10/h1-8H. The minimum absolute atomic E-state index is 0.484. The van der Waals surface area contributed by atoms with Crippen LogP contribution in [0.4, 0.5) is 0 Å². The SMILES string of the molecule is N#Cc1cccc2nc(-c3ccccc3)nn12. The monoisotopic (exact) mass is 220 g/mol. The molecule has 0 saturated carbocycles. The second kappa shape index (κ2) is 3.72. The van der Waals surface area contributed by atoms with E-state index >= 15 is 0 Å². The fourth-order valence-electron chi connectivity index (χ4n) is 1.70. The summed E-state index contributed by atoms with van der Waals surface area (Å²) in [7, 11) is 0. The Morgan fingerprint density at radius 3 is 2.59 bits per heavy atom. The van der Waals surface area contributed by atoms with Crippen molar-refractivity contribution in [2.24, 2.45) is 0 Å². The van der Waals surface area contributed by atoms with Crippen LogP contribution in [-0.2, 0) is 0 Å². The van der Waals surface area contributed by atoms with Gasteiger partial charge in [0.15, 0.2) is 11.5 Å². The number of hydrogen-bond donors (Lipinski definition) is 0. The van der Waals surface area contributed by atoms with Crippen LogP contribution in [0.15, 0.2) is 48.5 Å². The lowest BCUT2D eigenvalue weighted by atomic mass is 10.2. The number of nitrogens with zero attached hydrogens (tertiary/aromatic N) is 4. The lowest BCUT2D eigenvalue weighted by Crippen LogP contribution is -1.93. The van der Waals surface area contributed by atoms with Crippen molar-refractivity contribution in [1.29, 1.82) is 5.26 Å². The van der Waals surface area contributed by atoms with Gasteiger partial charge in [0.2, 0.25) is 0 Å². The highest BCUT2D eigenvalue weighted by Gasteiger charge is 2.07. The predicted octanol–water partition coefficient (Wildman–Crippen LogP) is 2.27. The molecular formula is C13H8N4. The highest BCUT2D eigenvalue weighted by molar-refractivity contribution is 5.58. The molecule has 0 atom stereocenters.